The van der Waals surface area contributed by atoms with Crippen molar-refractivity contribution in [3.8, 4) is 5.75 Å². The lowest BCUT2D eigenvalue weighted by atomic mass is 10.1. The van der Waals surface area contributed by atoms with E-state index in [1.165, 1.54) is 13.3 Å². The molecule has 160 valence electrons. The molecule has 0 unspecified atom stereocenters. The van der Waals surface area contributed by atoms with Gasteiger partial charge < -0.3 is 9.64 Å². The van der Waals surface area contributed by atoms with Gasteiger partial charge in [-0.1, -0.05) is 19.1 Å². The summed E-state index contributed by atoms with van der Waals surface area (Å²) in [5.74, 6) is 0.114. The summed E-state index contributed by atoms with van der Waals surface area (Å²) in [6, 6.07) is 13.8. The van der Waals surface area contributed by atoms with E-state index in [4.69, 9.17) is 4.74 Å². The number of amides is 1. The summed E-state index contributed by atoms with van der Waals surface area (Å²) >= 11 is 0. The predicted octanol–water partition coefficient (Wildman–Crippen LogP) is 3.66. The van der Waals surface area contributed by atoms with Crippen molar-refractivity contribution in [1.29, 1.82) is 0 Å². The molecule has 1 aliphatic rings. The molecule has 31 heavy (non-hydrogen) atoms. The largest absolute Gasteiger partial charge is 0.495 e. The first-order chi connectivity index (χ1) is 14.9. The summed E-state index contributed by atoms with van der Waals surface area (Å²) in [5.41, 5.74) is 3.45. The van der Waals surface area contributed by atoms with Crippen molar-refractivity contribution in [2.75, 3.05) is 23.3 Å². The summed E-state index contributed by atoms with van der Waals surface area (Å²) in [4.78, 5) is 18.7. The van der Waals surface area contributed by atoms with Crippen LogP contribution in [-0.2, 0) is 22.9 Å². The molecule has 0 bridgehead atoms. The minimum atomic E-state index is -3.88. The molecule has 2 heterocycles. The number of hydrogen-bond donors (Lipinski definition) is 1. The number of carbonyl (C=O) groups is 1. The number of benzene rings is 2. The van der Waals surface area contributed by atoms with Gasteiger partial charge in [-0.2, -0.15) is 0 Å². The molecule has 0 saturated carbocycles. The number of ether oxygens (including phenoxy) is 1. The Kier molecular flexibility index (Phi) is 5.65. The van der Waals surface area contributed by atoms with Crippen LogP contribution < -0.4 is 14.4 Å². The van der Waals surface area contributed by atoms with E-state index in [1.54, 1.807) is 47.5 Å². The second-order valence-electron chi connectivity index (χ2n) is 7.24. The molecule has 3 aromatic rings. The zero-order valence-electron chi connectivity index (χ0n) is 17.3. The van der Waals surface area contributed by atoms with Crippen LogP contribution in [0.3, 0.4) is 0 Å². The number of sulfonamides is 1. The van der Waals surface area contributed by atoms with E-state index in [-0.39, 0.29) is 16.6 Å². The molecule has 0 radical (unpaired) electrons. The van der Waals surface area contributed by atoms with Crippen LogP contribution in [-0.4, -0.2) is 33.0 Å². The molecule has 1 aliphatic heterocycles. The number of pyridine rings is 1. The number of methoxy groups -OCH3 is 1. The average Bonchev–Trinajstić information content (AvgIpc) is 3.21. The Hall–Kier alpha value is -3.39. The maximum Gasteiger partial charge on any atom is 0.265 e. The Morgan fingerprint density at radius 2 is 2.03 bits per heavy atom. The van der Waals surface area contributed by atoms with Crippen molar-refractivity contribution >= 4 is 27.3 Å². The summed E-state index contributed by atoms with van der Waals surface area (Å²) in [6.45, 7) is 2.49. The Morgan fingerprint density at radius 1 is 1.19 bits per heavy atom. The molecule has 1 amide bonds. The lowest BCUT2D eigenvalue weighted by Crippen LogP contribution is -2.29. The van der Waals surface area contributed by atoms with Crippen molar-refractivity contribution < 1.29 is 17.9 Å². The third kappa shape index (κ3) is 4.11. The number of anilines is 2. The number of carbonyl (C=O) groups excluding carboxylic acids is 1. The van der Waals surface area contributed by atoms with E-state index in [9.17, 15) is 13.2 Å². The predicted molar refractivity (Wildman–Crippen MR) is 119 cm³/mol. The van der Waals surface area contributed by atoms with Crippen molar-refractivity contribution in [3.05, 3.63) is 77.6 Å². The summed E-state index contributed by atoms with van der Waals surface area (Å²) in [6.07, 6.45) is 4.56. The van der Waals surface area contributed by atoms with E-state index < -0.39 is 10.0 Å². The maximum absolute atomic E-state index is 13.1. The van der Waals surface area contributed by atoms with E-state index in [1.807, 2.05) is 19.1 Å². The standard InChI is InChI=1S/C23H23N3O4S/c1-3-16-6-9-21(30-2)22(13-16)31(28,29)25-19-8-7-17-10-12-26(20(17)14-19)23(27)18-5-4-11-24-15-18/h4-9,11,13-15,25H,3,10,12H2,1-2H3. The molecular formula is C23H23N3O4S. The van der Waals surface area contributed by atoms with Crippen molar-refractivity contribution in [2.45, 2.75) is 24.7 Å². The van der Waals surface area contributed by atoms with Gasteiger partial charge in [-0.25, -0.2) is 8.42 Å². The van der Waals surface area contributed by atoms with E-state index in [0.29, 0.717) is 36.3 Å². The SMILES string of the molecule is CCc1ccc(OC)c(S(=O)(=O)Nc2ccc3c(c2)N(C(=O)c2cccnc2)CC3)c1. The monoisotopic (exact) mass is 437 g/mol. The Balaban J connectivity index is 1.65. The van der Waals surface area contributed by atoms with E-state index >= 15 is 0 Å². The van der Waals surface area contributed by atoms with Gasteiger partial charge in [0.15, 0.2) is 0 Å². The summed E-state index contributed by atoms with van der Waals surface area (Å²) in [5, 5.41) is 0. The highest BCUT2D eigenvalue weighted by atomic mass is 32.2. The first kappa shape index (κ1) is 20.9. The molecule has 7 nitrogen and oxygen atoms in total. The molecule has 1 aromatic heterocycles. The van der Waals surface area contributed by atoms with Gasteiger partial charge in [0.25, 0.3) is 15.9 Å². The highest BCUT2D eigenvalue weighted by Gasteiger charge is 2.27. The minimum Gasteiger partial charge on any atom is -0.495 e. The Labute approximate surface area is 181 Å². The average molecular weight is 438 g/mol. The second-order valence-corrected chi connectivity index (χ2v) is 8.89. The van der Waals surface area contributed by atoms with Gasteiger partial charge >= 0.3 is 0 Å². The van der Waals surface area contributed by atoms with Crippen LogP contribution >= 0.6 is 0 Å². The summed E-state index contributed by atoms with van der Waals surface area (Å²) in [7, 11) is -2.44. The topological polar surface area (TPSA) is 88.6 Å². The molecule has 2 aromatic carbocycles. The highest BCUT2D eigenvalue weighted by Crippen LogP contribution is 2.34. The lowest BCUT2D eigenvalue weighted by molar-refractivity contribution is 0.0989. The Morgan fingerprint density at radius 3 is 2.74 bits per heavy atom. The number of nitrogens with one attached hydrogen (secondary N) is 1. The number of aromatic nitrogens is 1. The van der Waals surface area contributed by atoms with Crippen LogP contribution in [0.1, 0.15) is 28.4 Å². The van der Waals surface area contributed by atoms with E-state index in [2.05, 4.69) is 9.71 Å². The fraction of sp³-hybridized carbons (Fsp3) is 0.217. The maximum atomic E-state index is 13.1. The molecule has 0 spiro atoms. The van der Waals surface area contributed by atoms with Crippen LogP contribution in [0, 0.1) is 0 Å². The van der Waals surface area contributed by atoms with Crippen molar-refractivity contribution in [3.63, 3.8) is 0 Å². The lowest BCUT2D eigenvalue weighted by Gasteiger charge is -2.18. The smallest absolute Gasteiger partial charge is 0.265 e. The molecule has 0 atom stereocenters. The second kappa shape index (κ2) is 8.39. The van der Waals surface area contributed by atoms with Gasteiger partial charge in [0.1, 0.15) is 10.6 Å². The van der Waals surface area contributed by atoms with Crippen LogP contribution in [0.4, 0.5) is 11.4 Å². The highest BCUT2D eigenvalue weighted by molar-refractivity contribution is 7.92. The Bertz CT molecular complexity index is 1230. The quantitative estimate of drug-likeness (QED) is 0.636. The van der Waals surface area contributed by atoms with Crippen LogP contribution in [0.2, 0.25) is 0 Å². The normalized spacial score (nSPS) is 13.0. The van der Waals surface area contributed by atoms with Crippen molar-refractivity contribution in [1.82, 2.24) is 4.98 Å². The summed E-state index contributed by atoms with van der Waals surface area (Å²) < 4.78 is 34.1. The first-order valence-corrected chi connectivity index (χ1v) is 11.5. The molecule has 8 heteroatoms. The third-order valence-electron chi connectivity index (χ3n) is 5.31. The molecule has 0 aliphatic carbocycles. The third-order valence-corrected chi connectivity index (χ3v) is 6.71. The molecule has 1 N–H and O–H groups in total. The van der Waals surface area contributed by atoms with Gasteiger partial charge in [-0.3, -0.25) is 14.5 Å². The van der Waals surface area contributed by atoms with Gasteiger partial charge in [-0.05, 0) is 60.4 Å². The minimum absolute atomic E-state index is 0.0816. The van der Waals surface area contributed by atoms with Crippen molar-refractivity contribution in [2.24, 2.45) is 0 Å². The zero-order chi connectivity index (χ0) is 22.0. The molecule has 0 saturated heterocycles. The van der Waals surface area contributed by atoms with Gasteiger partial charge in [0.05, 0.1) is 18.4 Å². The molecular weight excluding hydrogens is 414 g/mol. The number of aryl methyl sites for hydroxylation is 1. The number of nitrogens with zero attached hydrogens (tertiary/aromatic N) is 2. The van der Waals surface area contributed by atoms with E-state index in [0.717, 1.165) is 11.1 Å². The number of hydrogen-bond acceptors (Lipinski definition) is 5. The first-order valence-electron chi connectivity index (χ1n) is 9.97. The van der Waals surface area contributed by atoms with Gasteiger partial charge in [-0.15, -0.1) is 0 Å². The molecule has 0 fully saturated rings. The number of fused-ring (bicyclic) bond motifs is 1. The molecule has 4 rings (SSSR count). The fourth-order valence-electron chi connectivity index (χ4n) is 3.66. The van der Waals surface area contributed by atoms with Crippen LogP contribution in [0.25, 0.3) is 0 Å². The fourth-order valence-corrected chi connectivity index (χ4v) is 4.93. The van der Waals surface area contributed by atoms with Crippen LogP contribution in [0.5, 0.6) is 5.75 Å². The number of rotatable bonds is 6. The van der Waals surface area contributed by atoms with Gasteiger partial charge in [0.2, 0.25) is 0 Å². The van der Waals surface area contributed by atoms with Crippen LogP contribution in [0.15, 0.2) is 65.8 Å². The van der Waals surface area contributed by atoms with Gasteiger partial charge in [0, 0.05) is 24.6 Å². The zero-order valence-corrected chi connectivity index (χ0v) is 18.1.